The van der Waals surface area contributed by atoms with E-state index < -0.39 is 6.04 Å². The molecular weight excluding hydrogens is 594 g/mol. The quantitative estimate of drug-likeness (QED) is 0.338. The van der Waals surface area contributed by atoms with E-state index in [0.29, 0.717) is 62.1 Å². The molecule has 0 unspecified atom stereocenters. The van der Waals surface area contributed by atoms with E-state index in [1.165, 1.54) is 11.3 Å². The molecule has 1 amide bonds. The lowest BCUT2D eigenvalue weighted by molar-refractivity contribution is -0.127. The normalized spacial score (nSPS) is 14.7. The topological polar surface area (TPSA) is 82.4 Å². The number of rotatable bonds is 9. The maximum absolute atomic E-state index is 14.1. The van der Waals surface area contributed by atoms with Crippen LogP contribution in [-0.2, 0) is 4.79 Å². The summed E-state index contributed by atoms with van der Waals surface area (Å²) in [5.74, 6) is 3.93. The second-order valence-corrected chi connectivity index (χ2v) is 10.8. The molecule has 3 aromatic rings. The van der Waals surface area contributed by atoms with Crippen molar-refractivity contribution in [2.75, 3.05) is 33.9 Å². The van der Waals surface area contributed by atoms with E-state index in [4.69, 9.17) is 25.6 Å². The van der Waals surface area contributed by atoms with Gasteiger partial charge in [0.15, 0.2) is 4.80 Å². The van der Waals surface area contributed by atoms with Crippen LogP contribution in [0.15, 0.2) is 61.9 Å². The van der Waals surface area contributed by atoms with Crippen molar-refractivity contribution in [1.82, 2.24) is 9.47 Å². The SMILES string of the molecule is C#CCOc1ccc(Br)cc1/C=c1/sc2n(c1=O)[C@@H](c1cc(OC)ccc1OC)C(C(=O)N(CC)CC)=C(C)N=2. The van der Waals surface area contributed by atoms with Crippen molar-refractivity contribution in [1.29, 1.82) is 0 Å². The molecule has 0 bridgehead atoms. The Bertz CT molecular complexity index is 1700. The molecule has 1 aromatic heterocycles. The number of amides is 1. The molecule has 0 radical (unpaired) electrons. The zero-order valence-electron chi connectivity index (χ0n) is 23.0. The minimum atomic E-state index is -0.781. The molecule has 2 aromatic carbocycles. The molecule has 40 heavy (non-hydrogen) atoms. The number of thiazole rings is 1. The molecule has 4 rings (SSSR count). The number of benzene rings is 2. The molecule has 0 saturated heterocycles. The van der Waals surface area contributed by atoms with Crippen molar-refractivity contribution < 1.29 is 19.0 Å². The Hall–Kier alpha value is -3.81. The molecule has 0 N–H and O–H groups in total. The van der Waals surface area contributed by atoms with Gasteiger partial charge in [0, 0.05) is 28.7 Å². The van der Waals surface area contributed by atoms with Gasteiger partial charge in [0.2, 0.25) is 0 Å². The highest BCUT2D eigenvalue weighted by atomic mass is 79.9. The number of carbonyl (C=O) groups excluding carboxylic acids is 1. The highest BCUT2D eigenvalue weighted by Crippen LogP contribution is 2.38. The van der Waals surface area contributed by atoms with E-state index in [-0.39, 0.29) is 18.1 Å². The fraction of sp³-hybridized carbons (Fsp3) is 0.300. The molecule has 0 aliphatic carbocycles. The van der Waals surface area contributed by atoms with Crippen LogP contribution in [0.4, 0.5) is 0 Å². The number of hydrogen-bond acceptors (Lipinski definition) is 7. The van der Waals surface area contributed by atoms with Crippen molar-refractivity contribution in [3.8, 4) is 29.6 Å². The van der Waals surface area contributed by atoms with Gasteiger partial charge < -0.3 is 19.1 Å². The predicted molar refractivity (Wildman–Crippen MR) is 160 cm³/mol. The number of terminal acetylenes is 1. The molecule has 1 atom stereocenters. The highest BCUT2D eigenvalue weighted by Gasteiger charge is 2.36. The predicted octanol–water partition coefficient (Wildman–Crippen LogP) is 3.90. The average molecular weight is 625 g/mol. The number of ether oxygens (including phenoxy) is 3. The summed E-state index contributed by atoms with van der Waals surface area (Å²) >= 11 is 4.73. The Kier molecular flexibility index (Phi) is 9.17. The minimum absolute atomic E-state index is 0.0926. The Morgan fingerprint density at radius 2 is 1.90 bits per heavy atom. The third-order valence-corrected chi connectivity index (χ3v) is 8.08. The number of fused-ring (bicyclic) bond motifs is 1. The fourth-order valence-corrected chi connectivity index (χ4v) is 6.06. The summed E-state index contributed by atoms with van der Waals surface area (Å²) in [6.07, 6.45) is 7.15. The minimum Gasteiger partial charge on any atom is -0.497 e. The van der Waals surface area contributed by atoms with Crippen molar-refractivity contribution >= 4 is 39.2 Å². The number of methoxy groups -OCH3 is 2. The zero-order chi connectivity index (χ0) is 29.0. The van der Waals surface area contributed by atoms with E-state index >= 15 is 0 Å². The first-order valence-electron chi connectivity index (χ1n) is 12.7. The molecular formula is C30H30BrN3O5S. The van der Waals surface area contributed by atoms with E-state index in [1.54, 1.807) is 61.0 Å². The first-order valence-corrected chi connectivity index (χ1v) is 14.3. The molecule has 2 heterocycles. The summed E-state index contributed by atoms with van der Waals surface area (Å²) in [7, 11) is 3.13. The van der Waals surface area contributed by atoms with Crippen LogP contribution in [-0.4, -0.2) is 49.3 Å². The number of halogens is 1. The second kappa shape index (κ2) is 12.6. The van der Waals surface area contributed by atoms with E-state index in [1.807, 2.05) is 26.0 Å². The first-order chi connectivity index (χ1) is 19.3. The van der Waals surface area contributed by atoms with Gasteiger partial charge in [0.1, 0.15) is 29.9 Å². The van der Waals surface area contributed by atoms with Gasteiger partial charge in [-0.25, -0.2) is 4.99 Å². The number of nitrogens with zero attached hydrogens (tertiary/aromatic N) is 3. The molecule has 0 fully saturated rings. The van der Waals surface area contributed by atoms with Crippen molar-refractivity contribution in [2.24, 2.45) is 4.99 Å². The molecule has 8 nitrogen and oxygen atoms in total. The number of likely N-dealkylation sites (N-methyl/N-ethyl adjacent to an activating group) is 1. The van der Waals surface area contributed by atoms with Crippen LogP contribution in [0.5, 0.6) is 17.2 Å². The number of hydrogen-bond donors (Lipinski definition) is 0. The van der Waals surface area contributed by atoms with Crippen LogP contribution < -0.4 is 29.1 Å². The van der Waals surface area contributed by atoms with Crippen molar-refractivity contribution in [3.63, 3.8) is 0 Å². The lowest BCUT2D eigenvalue weighted by atomic mass is 9.93. The van der Waals surface area contributed by atoms with Gasteiger partial charge in [-0.2, -0.15) is 0 Å². The summed E-state index contributed by atoms with van der Waals surface area (Å²) in [5.41, 5.74) is 1.97. The molecule has 1 aliphatic rings. The smallest absolute Gasteiger partial charge is 0.271 e. The summed E-state index contributed by atoms with van der Waals surface area (Å²) < 4.78 is 19.7. The maximum Gasteiger partial charge on any atom is 0.271 e. The van der Waals surface area contributed by atoms with Gasteiger partial charge in [-0.3, -0.25) is 14.2 Å². The van der Waals surface area contributed by atoms with Crippen LogP contribution >= 0.6 is 27.3 Å². The van der Waals surface area contributed by atoms with Gasteiger partial charge in [0.25, 0.3) is 11.5 Å². The van der Waals surface area contributed by atoms with Crippen LogP contribution in [0, 0.1) is 12.3 Å². The third kappa shape index (κ3) is 5.58. The molecule has 208 valence electrons. The zero-order valence-corrected chi connectivity index (χ0v) is 25.4. The average Bonchev–Trinajstić information content (AvgIpc) is 3.25. The second-order valence-electron chi connectivity index (χ2n) is 8.84. The van der Waals surface area contributed by atoms with Crippen molar-refractivity contribution in [3.05, 3.63) is 83.0 Å². The fourth-order valence-electron chi connectivity index (χ4n) is 4.65. The van der Waals surface area contributed by atoms with E-state index in [0.717, 1.165) is 4.47 Å². The maximum atomic E-state index is 14.1. The molecule has 1 aliphatic heterocycles. The van der Waals surface area contributed by atoms with E-state index in [2.05, 4.69) is 21.9 Å². The summed E-state index contributed by atoms with van der Waals surface area (Å²) in [5, 5.41) is 0. The summed E-state index contributed by atoms with van der Waals surface area (Å²) in [4.78, 5) is 35.0. The van der Waals surface area contributed by atoms with Crippen LogP contribution in [0.3, 0.4) is 0 Å². The highest BCUT2D eigenvalue weighted by molar-refractivity contribution is 9.10. The lowest BCUT2D eigenvalue weighted by Crippen LogP contribution is -2.43. The standard InChI is InChI=1S/C30H30BrN3O5S/c1-7-14-39-23-12-10-20(31)15-19(23)16-25-28(35)34-27(22-17-21(37-5)11-13-24(22)38-6)26(18(4)32-30(34)40-25)29(36)33(8-2)9-3/h1,10-13,15-17,27H,8-9,14H2,2-6H3/b25-16+/t27-/m0/s1. The van der Waals surface area contributed by atoms with Crippen LogP contribution in [0.25, 0.3) is 6.08 Å². The Morgan fingerprint density at radius 3 is 2.55 bits per heavy atom. The Labute approximate surface area is 245 Å². The number of aromatic nitrogens is 1. The van der Waals surface area contributed by atoms with Gasteiger partial charge in [-0.1, -0.05) is 33.2 Å². The largest absolute Gasteiger partial charge is 0.497 e. The summed E-state index contributed by atoms with van der Waals surface area (Å²) in [6, 6.07) is 10.1. The molecule has 0 saturated carbocycles. The van der Waals surface area contributed by atoms with E-state index in [9.17, 15) is 9.59 Å². The van der Waals surface area contributed by atoms with Gasteiger partial charge >= 0.3 is 0 Å². The molecule has 0 spiro atoms. The van der Waals surface area contributed by atoms with Gasteiger partial charge in [-0.15, -0.1) is 6.42 Å². The van der Waals surface area contributed by atoms with Crippen LogP contribution in [0.2, 0.25) is 0 Å². The molecule has 10 heteroatoms. The Balaban J connectivity index is 2.02. The van der Waals surface area contributed by atoms with Gasteiger partial charge in [-0.05, 0) is 63.2 Å². The van der Waals surface area contributed by atoms with Gasteiger partial charge in [0.05, 0.1) is 30.0 Å². The monoisotopic (exact) mass is 623 g/mol. The van der Waals surface area contributed by atoms with Crippen molar-refractivity contribution in [2.45, 2.75) is 26.8 Å². The lowest BCUT2D eigenvalue weighted by Gasteiger charge is -2.30. The number of allylic oxidation sites excluding steroid dienone is 1. The summed E-state index contributed by atoms with van der Waals surface area (Å²) in [6.45, 7) is 6.77. The first kappa shape index (κ1) is 29.2. The third-order valence-electron chi connectivity index (χ3n) is 6.60. The Morgan fingerprint density at radius 1 is 1.18 bits per heavy atom. The number of carbonyl (C=O) groups is 1. The van der Waals surface area contributed by atoms with Crippen LogP contribution in [0.1, 0.15) is 37.9 Å².